The summed E-state index contributed by atoms with van der Waals surface area (Å²) in [5.74, 6) is 0. The second-order valence-corrected chi connectivity index (χ2v) is 1.96. The van der Waals surface area contributed by atoms with Gasteiger partial charge in [0.25, 0.3) is 0 Å². The lowest BCUT2D eigenvalue weighted by Crippen LogP contribution is -1.93. The van der Waals surface area contributed by atoms with Gasteiger partial charge in [0.05, 0.1) is 11.3 Å². The van der Waals surface area contributed by atoms with E-state index in [4.69, 9.17) is 5.26 Å². The summed E-state index contributed by atoms with van der Waals surface area (Å²) in [6.45, 7) is 0. The molecule has 0 bridgehead atoms. The Hall–Kier alpha value is -1.56. The summed E-state index contributed by atoms with van der Waals surface area (Å²) >= 11 is 0. The molecule has 0 saturated carbocycles. The minimum absolute atomic E-state index is 0.428. The molecule has 0 unspecified atom stereocenters. The zero-order valence-electron chi connectivity index (χ0n) is 5.53. The molecule has 0 fully saturated rings. The van der Waals surface area contributed by atoms with Crippen LogP contribution >= 0.6 is 0 Å². The number of nitriles is 1. The van der Waals surface area contributed by atoms with Crippen molar-refractivity contribution in [1.29, 1.82) is 5.26 Å². The van der Waals surface area contributed by atoms with Crippen molar-refractivity contribution in [3.63, 3.8) is 0 Å². The predicted octanol–water partition coefficient (Wildman–Crippen LogP) is 0.709. The Morgan fingerprint density at radius 1 is 1.80 bits per heavy atom. The van der Waals surface area contributed by atoms with Gasteiger partial charge in [-0.05, 0) is 6.07 Å². The van der Waals surface area contributed by atoms with E-state index in [2.05, 4.69) is 0 Å². The van der Waals surface area contributed by atoms with Crippen molar-refractivity contribution in [1.82, 2.24) is 4.57 Å². The number of hydrogen-bond acceptors (Lipinski definition) is 2. The van der Waals surface area contributed by atoms with Crippen LogP contribution in [-0.2, 0) is 7.05 Å². The SMILES string of the molecule is Cn1ccc(C#N)c1C=O. The van der Waals surface area contributed by atoms with Crippen LogP contribution in [0.4, 0.5) is 0 Å². The van der Waals surface area contributed by atoms with E-state index in [0.29, 0.717) is 17.5 Å². The number of rotatable bonds is 1. The van der Waals surface area contributed by atoms with E-state index in [0.717, 1.165) is 0 Å². The molecule has 1 aromatic rings. The van der Waals surface area contributed by atoms with Crippen molar-refractivity contribution in [2.75, 3.05) is 0 Å². The number of aryl methyl sites for hydroxylation is 1. The number of aromatic nitrogens is 1. The van der Waals surface area contributed by atoms with Gasteiger partial charge in [-0.15, -0.1) is 0 Å². The van der Waals surface area contributed by atoms with Gasteiger partial charge in [0.1, 0.15) is 6.07 Å². The monoisotopic (exact) mass is 134 g/mol. The van der Waals surface area contributed by atoms with Crippen molar-refractivity contribution in [3.05, 3.63) is 23.5 Å². The number of carbonyl (C=O) groups excluding carboxylic acids is 1. The minimum Gasteiger partial charge on any atom is -0.347 e. The van der Waals surface area contributed by atoms with Gasteiger partial charge in [-0.1, -0.05) is 0 Å². The molecule has 1 heterocycles. The summed E-state index contributed by atoms with van der Waals surface area (Å²) in [6.07, 6.45) is 2.36. The number of aldehydes is 1. The second-order valence-electron chi connectivity index (χ2n) is 1.96. The lowest BCUT2D eigenvalue weighted by molar-refractivity contribution is 0.111. The van der Waals surface area contributed by atoms with Crippen molar-refractivity contribution in [2.24, 2.45) is 7.05 Å². The third kappa shape index (κ3) is 0.799. The molecular formula is C7H6N2O. The number of nitrogens with zero attached hydrogens (tertiary/aromatic N) is 2. The van der Waals surface area contributed by atoms with Crippen LogP contribution < -0.4 is 0 Å². The van der Waals surface area contributed by atoms with Crippen LogP contribution in [0.5, 0.6) is 0 Å². The largest absolute Gasteiger partial charge is 0.347 e. The Bertz CT molecular complexity index is 293. The summed E-state index contributed by atoms with van der Waals surface area (Å²) in [6, 6.07) is 3.53. The first-order valence-electron chi connectivity index (χ1n) is 2.80. The molecule has 0 aliphatic carbocycles. The third-order valence-electron chi connectivity index (χ3n) is 1.35. The third-order valence-corrected chi connectivity index (χ3v) is 1.35. The maximum Gasteiger partial charge on any atom is 0.167 e. The smallest absolute Gasteiger partial charge is 0.167 e. The van der Waals surface area contributed by atoms with Crippen LogP contribution in [0.25, 0.3) is 0 Å². The van der Waals surface area contributed by atoms with E-state index in [1.165, 1.54) is 0 Å². The molecule has 1 aromatic heterocycles. The molecule has 0 atom stereocenters. The van der Waals surface area contributed by atoms with Gasteiger partial charge in [0.15, 0.2) is 6.29 Å². The quantitative estimate of drug-likeness (QED) is 0.531. The number of hydrogen-bond donors (Lipinski definition) is 0. The topological polar surface area (TPSA) is 45.8 Å². The summed E-state index contributed by atoms with van der Waals surface area (Å²) in [4.78, 5) is 10.3. The highest BCUT2D eigenvalue weighted by atomic mass is 16.1. The van der Waals surface area contributed by atoms with E-state index in [1.54, 1.807) is 23.9 Å². The maximum atomic E-state index is 10.3. The predicted molar refractivity (Wildman–Crippen MR) is 35.5 cm³/mol. The van der Waals surface area contributed by atoms with Crippen LogP contribution in [0.2, 0.25) is 0 Å². The van der Waals surface area contributed by atoms with Crippen LogP contribution in [0, 0.1) is 11.3 Å². The molecule has 0 amide bonds. The van der Waals surface area contributed by atoms with Crippen molar-refractivity contribution in [3.8, 4) is 6.07 Å². The standard InChI is InChI=1S/C7H6N2O/c1-9-3-2-6(4-8)7(9)5-10/h2-3,5H,1H3. The zero-order chi connectivity index (χ0) is 7.56. The van der Waals surface area contributed by atoms with Gasteiger partial charge < -0.3 is 4.57 Å². The molecule has 0 saturated heterocycles. The average Bonchev–Trinajstić information content (AvgIpc) is 2.30. The summed E-state index contributed by atoms with van der Waals surface area (Å²) in [5.41, 5.74) is 0.861. The van der Waals surface area contributed by atoms with E-state index < -0.39 is 0 Å². The summed E-state index contributed by atoms with van der Waals surface area (Å²) in [7, 11) is 1.73. The Morgan fingerprint density at radius 3 is 2.90 bits per heavy atom. The normalized spacial score (nSPS) is 8.80. The van der Waals surface area contributed by atoms with E-state index in [9.17, 15) is 4.79 Å². The van der Waals surface area contributed by atoms with Crippen LogP contribution in [-0.4, -0.2) is 10.9 Å². The second kappa shape index (κ2) is 2.36. The lowest BCUT2D eigenvalue weighted by atomic mass is 10.3. The molecule has 0 radical (unpaired) electrons. The van der Waals surface area contributed by atoms with Gasteiger partial charge in [0, 0.05) is 13.2 Å². The lowest BCUT2D eigenvalue weighted by Gasteiger charge is -1.90. The molecule has 0 spiro atoms. The Balaban J connectivity index is 3.29. The number of carbonyl (C=O) groups is 1. The maximum absolute atomic E-state index is 10.3. The van der Waals surface area contributed by atoms with Crippen molar-refractivity contribution >= 4 is 6.29 Å². The molecule has 0 aliphatic rings. The van der Waals surface area contributed by atoms with Crippen molar-refractivity contribution < 1.29 is 4.79 Å². The molecule has 0 aromatic carbocycles. The van der Waals surface area contributed by atoms with E-state index in [-0.39, 0.29) is 0 Å². The van der Waals surface area contributed by atoms with Crippen LogP contribution in [0.15, 0.2) is 12.3 Å². The molecular weight excluding hydrogens is 128 g/mol. The van der Waals surface area contributed by atoms with Crippen LogP contribution in [0.1, 0.15) is 16.1 Å². The molecule has 3 nitrogen and oxygen atoms in total. The minimum atomic E-state index is 0.428. The van der Waals surface area contributed by atoms with Gasteiger partial charge in [-0.2, -0.15) is 5.26 Å². The summed E-state index contributed by atoms with van der Waals surface area (Å²) < 4.78 is 1.62. The Morgan fingerprint density at radius 2 is 2.50 bits per heavy atom. The van der Waals surface area contributed by atoms with Gasteiger partial charge in [-0.3, -0.25) is 4.79 Å². The fraction of sp³-hybridized carbons (Fsp3) is 0.143. The molecule has 0 N–H and O–H groups in total. The average molecular weight is 134 g/mol. The van der Waals surface area contributed by atoms with Gasteiger partial charge >= 0.3 is 0 Å². The fourth-order valence-corrected chi connectivity index (χ4v) is 0.783. The molecule has 1 rings (SSSR count). The summed E-state index contributed by atoms with van der Waals surface area (Å²) in [5, 5.41) is 8.44. The molecule has 10 heavy (non-hydrogen) atoms. The van der Waals surface area contributed by atoms with E-state index in [1.807, 2.05) is 6.07 Å². The van der Waals surface area contributed by atoms with Gasteiger partial charge in [0.2, 0.25) is 0 Å². The Kier molecular flexibility index (Phi) is 1.55. The first kappa shape index (κ1) is 6.56. The zero-order valence-corrected chi connectivity index (χ0v) is 5.53. The molecule has 0 aliphatic heterocycles. The Labute approximate surface area is 58.5 Å². The first-order chi connectivity index (χ1) is 4.79. The fourth-order valence-electron chi connectivity index (χ4n) is 0.783. The highest BCUT2D eigenvalue weighted by Gasteiger charge is 2.02. The highest BCUT2D eigenvalue weighted by Crippen LogP contribution is 2.04. The van der Waals surface area contributed by atoms with Crippen molar-refractivity contribution in [2.45, 2.75) is 0 Å². The molecule has 3 heteroatoms. The van der Waals surface area contributed by atoms with E-state index >= 15 is 0 Å². The highest BCUT2D eigenvalue weighted by molar-refractivity contribution is 5.76. The first-order valence-corrected chi connectivity index (χ1v) is 2.80. The van der Waals surface area contributed by atoms with Gasteiger partial charge in [-0.25, -0.2) is 0 Å². The van der Waals surface area contributed by atoms with Crippen LogP contribution in [0.3, 0.4) is 0 Å². The molecule has 50 valence electrons.